The number of hydrogen-bond donors (Lipinski definition) is 0. The molecule has 2 aromatic heterocycles. The molecule has 0 fully saturated rings. The quantitative estimate of drug-likeness (QED) is 0.852. The third kappa shape index (κ3) is 2.33. The van der Waals surface area contributed by atoms with Crippen molar-refractivity contribution >= 4 is 0 Å². The molecule has 0 bridgehead atoms. The molecule has 2 heterocycles. The van der Waals surface area contributed by atoms with Crippen molar-refractivity contribution in [2.24, 2.45) is 7.05 Å². The average Bonchev–Trinajstić information content (AvgIpc) is 2.75. The largest absolute Gasteiger partial charge is 0.335 e. The van der Waals surface area contributed by atoms with Gasteiger partial charge < -0.3 is 0 Å². The van der Waals surface area contributed by atoms with Gasteiger partial charge in [0.25, 0.3) is 5.56 Å². The van der Waals surface area contributed by atoms with E-state index in [1.165, 1.54) is 10.8 Å². The minimum absolute atomic E-state index is 0.0106. The van der Waals surface area contributed by atoms with Gasteiger partial charge in [-0.25, -0.2) is 9.36 Å². The van der Waals surface area contributed by atoms with Crippen LogP contribution < -0.4 is 11.2 Å². The van der Waals surface area contributed by atoms with E-state index in [1.807, 2.05) is 27.7 Å². The predicted molar refractivity (Wildman–Crippen MR) is 77.5 cm³/mol. The molecule has 0 aliphatic rings. The van der Waals surface area contributed by atoms with Gasteiger partial charge in [-0.1, -0.05) is 13.8 Å². The van der Waals surface area contributed by atoms with Gasteiger partial charge in [0.2, 0.25) is 0 Å². The van der Waals surface area contributed by atoms with E-state index in [9.17, 15) is 9.59 Å². The van der Waals surface area contributed by atoms with Crippen molar-refractivity contribution in [3.63, 3.8) is 0 Å². The van der Waals surface area contributed by atoms with Crippen LogP contribution in [0.1, 0.15) is 45.2 Å². The normalized spacial score (nSPS) is 11.6. The number of nitrogens with zero attached hydrogens (tertiary/aromatic N) is 4. The van der Waals surface area contributed by atoms with Crippen molar-refractivity contribution in [2.45, 2.75) is 39.7 Å². The van der Waals surface area contributed by atoms with Crippen molar-refractivity contribution in [1.82, 2.24) is 18.9 Å². The summed E-state index contributed by atoms with van der Waals surface area (Å²) in [5.74, 6) is 0.0519. The van der Waals surface area contributed by atoms with Gasteiger partial charge >= 0.3 is 5.69 Å². The lowest BCUT2D eigenvalue weighted by molar-refractivity contribution is 0.536. The Morgan fingerprint density at radius 1 is 1.10 bits per heavy atom. The van der Waals surface area contributed by atoms with Gasteiger partial charge in [-0.05, 0) is 19.8 Å². The van der Waals surface area contributed by atoms with Crippen LogP contribution >= 0.6 is 0 Å². The summed E-state index contributed by atoms with van der Waals surface area (Å²) in [5.41, 5.74) is 0.527. The molecule has 0 N–H and O–H groups in total. The summed E-state index contributed by atoms with van der Waals surface area (Å²) in [5, 5.41) is 4.03. The van der Waals surface area contributed by atoms with Crippen LogP contribution in [0.2, 0.25) is 0 Å². The molecule has 0 atom stereocenters. The maximum Gasteiger partial charge on any atom is 0.335 e. The fourth-order valence-electron chi connectivity index (χ4n) is 2.11. The molecule has 0 aliphatic heterocycles. The molecular formula is C14H20N4O2. The minimum Gasteiger partial charge on any atom is -0.297 e. The van der Waals surface area contributed by atoms with Crippen LogP contribution in [0.25, 0.3) is 5.69 Å². The summed E-state index contributed by atoms with van der Waals surface area (Å²) in [6.07, 6.45) is 4.86. The molecular weight excluding hydrogens is 256 g/mol. The van der Waals surface area contributed by atoms with E-state index >= 15 is 0 Å². The van der Waals surface area contributed by atoms with E-state index in [0.29, 0.717) is 11.3 Å². The van der Waals surface area contributed by atoms with Gasteiger partial charge in [-0.15, -0.1) is 0 Å². The van der Waals surface area contributed by atoms with Gasteiger partial charge in [-0.2, -0.15) is 5.10 Å². The van der Waals surface area contributed by atoms with Crippen LogP contribution in [0, 0.1) is 0 Å². The standard InChI is InChI=1S/C14H20N4O2/c1-9(2)12-8-17(10(3)4)14(20)18(13(12)19)11-6-15-16(5)7-11/h6-10H,1-5H3. The molecule has 0 aliphatic carbocycles. The lowest BCUT2D eigenvalue weighted by atomic mass is 10.1. The number of aromatic nitrogens is 4. The SMILES string of the molecule is CC(C)c1cn(C(C)C)c(=O)n(-c2cnn(C)c2)c1=O. The first-order valence-corrected chi connectivity index (χ1v) is 6.70. The Bertz CT molecular complexity index is 694. The van der Waals surface area contributed by atoms with Gasteiger partial charge in [0.15, 0.2) is 0 Å². The number of hydrogen-bond acceptors (Lipinski definition) is 3. The Kier molecular flexibility index (Phi) is 3.65. The van der Waals surface area contributed by atoms with E-state index < -0.39 is 0 Å². The second-order valence-corrected chi connectivity index (χ2v) is 5.54. The zero-order chi connectivity index (χ0) is 15.0. The first kappa shape index (κ1) is 14.3. The van der Waals surface area contributed by atoms with Gasteiger partial charge in [0.1, 0.15) is 0 Å². The van der Waals surface area contributed by atoms with E-state index in [4.69, 9.17) is 0 Å². The highest BCUT2D eigenvalue weighted by molar-refractivity contribution is 5.27. The van der Waals surface area contributed by atoms with Crippen LogP contribution in [0.4, 0.5) is 0 Å². The highest BCUT2D eigenvalue weighted by Gasteiger charge is 2.17. The van der Waals surface area contributed by atoms with E-state index in [-0.39, 0.29) is 23.2 Å². The highest BCUT2D eigenvalue weighted by Crippen LogP contribution is 2.11. The molecule has 6 nitrogen and oxygen atoms in total. The third-order valence-electron chi connectivity index (χ3n) is 3.27. The molecule has 0 radical (unpaired) electrons. The second kappa shape index (κ2) is 5.11. The maximum atomic E-state index is 12.5. The predicted octanol–water partition coefficient (Wildman–Crippen LogP) is 1.44. The van der Waals surface area contributed by atoms with Gasteiger partial charge in [-0.3, -0.25) is 14.0 Å². The lowest BCUT2D eigenvalue weighted by Gasteiger charge is -2.16. The molecule has 108 valence electrons. The fourth-order valence-corrected chi connectivity index (χ4v) is 2.11. The van der Waals surface area contributed by atoms with E-state index in [2.05, 4.69) is 5.10 Å². The van der Waals surface area contributed by atoms with Gasteiger partial charge in [0.05, 0.1) is 11.9 Å². The van der Waals surface area contributed by atoms with E-state index in [1.54, 1.807) is 28.7 Å². The molecule has 6 heteroatoms. The minimum atomic E-state index is -0.331. The Labute approximate surface area is 117 Å². The average molecular weight is 276 g/mol. The Balaban J connectivity index is 2.85. The van der Waals surface area contributed by atoms with Crippen molar-refractivity contribution < 1.29 is 0 Å². The molecule has 0 spiro atoms. The molecule has 0 saturated heterocycles. The topological polar surface area (TPSA) is 61.8 Å². The van der Waals surface area contributed by atoms with Crippen LogP contribution in [-0.4, -0.2) is 18.9 Å². The molecule has 2 aromatic rings. The van der Waals surface area contributed by atoms with Gasteiger partial charge in [0, 0.05) is 31.0 Å². The summed E-state index contributed by atoms with van der Waals surface area (Å²) >= 11 is 0. The van der Waals surface area contributed by atoms with E-state index in [0.717, 1.165) is 0 Å². The number of aryl methyl sites for hydroxylation is 1. The lowest BCUT2D eigenvalue weighted by Crippen LogP contribution is -2.41. The summed E-state index contributed by atoms with van der Waals surface area (Å²) in [6, 6.07) is -0.0106. The molecule has 0 unspecified atom stereocenters. The zero-order valence-electron chi connectivity index (χ0n) is 12.5. The first-order chi connectivity index (χ1) is 9.32. The monoisotopic (exact) mass is 276 g/mol. The zero-order valence-corrected chi connectivity index (χ0v) is 12.5. The fraction of sp³-hybridized carbons (Fsp3) is 0.500. The van der Waals surface area contributed by atoms with Crippen LogP contribution in [0.15, 0.2) is 28.2 Å². The Hall–Kier alpha value is -2.11. The summed E-state index contributed by atoms with van der Waals surface area (Å²) in [4.78, 5) is 25.0. The summed E-state index contributed by atoms with van der Waals surface area (Å²) in [7, 11) is 1.75. The Morgan fingerprint density at radius 2 is 1.75 bits per heavy atom. The third-order valence-corrected chi connectivity index (χ3v) is 3.27. The molecule has 0 amide bonds. The highest BCUT2D eigenvalue weighted by atomic mass is 16.2. The van der Waals surface area contributed by atoms with Crippen LogP contribution in [0.5, 0.6) is 0 Å². The molecule has 0 saturated carbocycles. The van der Waals surface area contributed by atoms with Crippen molar-refractivity contribution in [1.29, 1.82) is 0 Å². The summed E-state index contributed by atoms with van der Waals surface area (Å²) < 4.78 is 4.36. The summed E-state index contributed by atoms with van der Waals surface area (Å²) in [6.45, 7) is 7.73. The maximum absolute atomic E-state index is 12.5. The number of rotatable bonds is 3. The Morgan fingerprint density at radius 3 is 2.20 bits per heavy atom. The van der Waals surface area contributed by atoms with Crippen LogP contribution in [-0.2, 0) is 7.05 Å². The van der Waals surface area contributed by atoms with Crippen LogP contribution in [0.3, 0.4) is 0 Å². The molecule has 2 rings (SSSR count). The molecule has 20 heavy (non-hydrogen) atoms. The van der Waals surface area contributed by atoms with Crippen molar-refractivity contribution in [2.75, 3.05) is 0 Å². The molecule has 0 aromatic carbocycles. The second-order valence-electron chi connectivity index (χ2n) is 5.54. The smallest absolute Gasteiger partial charge is 0.297 e. The van der Waals surface area contributed by atoms with Crippen molar-refractivity contribution in [3.05, 3.63) is 45.0 Å². The first-order valence-electron chi connectivity index (χ1n) is 6.70. The van der Waals surface area contributed by atoms with Crippen molar-refractivity contribution in [3.8, 4) is 5.69 Å².